The molecule has 4 nitrogen and oxygen atoms in total. The van der Waals surface area contributed by atoms with Crippen LogP contribution in [-0.4, -0.2) is 10.5 Å². The number of hydrogen-bond donors (Lipinski definition) is 1. The number of carbonyl (C=O) groups is 1. The molecule has 0 aliphatic heterocycles. The third kappa shape index (κ3) is 4.07. The second-order valence-electron chi connectivity index (χ2n) is 5.67. The summed E-state index contributed by atoms with van der Waals surface area (Å²) in [6.45, 7) is 6.74. The molecule has 22 heavy (non-hydrogen) atoms. The van der Waals surface area contributed by atoms with Crippen LogP contribution in [0.1, 0.15) is 37.8 Å². The Morgan fingerprint density at radius 3 is 2.68 bits per heavy atom. The van der Waals surface area contributed by atoms with Crippen molar-refractivity contribution in [1.82, 2.24) is 4.57 Å². The SMILES string of the molecule is CCn1cc(NC(=O)Cc2cccc(C(C)C)c2)ccc1=O. The highest BCUT2D eigenvalue weighted by molar-refractivity contribution is 5.92. The Bertz CT molecular complexity index is 717. The molecule has 0 radical (unpaired) electrons. The van der Waals surface area contributed by atoms with Crippen LogP contribution in [0.25, 0.3) is 0 Å². The molecular weight excluding hydrogens is 276 g/mol. The molecule has 0 aliphatic carbocycles. The van der Waals surface area contributed by atoms with E-state index in [1.54, 1.807) is 16.8 Å². The van der Waals surface area contributed by atoms with Gasteiger partial charge in [0.05, 0.1) is 12.1 Å². The van der Waals surface area contributed by atoms with E-state index >= 15 is 0 Å². The minimum Gasteiger partial charge on any atom is -0.324 e. The fraction of sp³-hybridized carbons (Fsp3) is 0.333. The Hall–Kier alpha value is -2.36. The smallest absolute Gasteiger partial charge is 0.250 e. The highest BCUT2D eigenvalue weighted by Crippen LogP contribution is 2.16. The van der Waals surface area contributed by atoms with Crippen LogP contribution in [0.2, 0.25) is 0 Å². The van der Waals surface area contributed by atoms with Gasteiger partial charge in [0, 0.05) is 18.8 Å². The number of benzene rings is 1. The number of hydrogen-bond acceptors (Lipinski definition) is 2. The zero-order chi connectivity index (χ0) is 16.1. The maximum atomic E-state index is 12.1. The topological polar surface area (TPSA) is 51.1 Å². The summed E-state index contributed by atoms with van der Waals surface area (Å²) >= 11 is 0. The first kappa shape index (κ1) is 16.0. The Morgan fingerprint density at radius 1 is 1.23 bits per heavy atom. The van der Waals surface area contributed by atoms with Crippen LogP contribution in [-0.2, 0) is 17.8 Å². The molecule has 116 valence electrons. The van der Waals surface area contributed by atoms with Gasteiger partial charge in [0.25, 0.3) is 5.56 Å². The van der Waals surface area contributed by atoms with E-state index in [1.165, 1.54) is 11.6 Å². The summed E-state index contributed by atoms with van der Waals surface area (Å²) in [4.78, 5) is 23.7. The van der Waals surface area contributed by atoms with Gasteiger partial charge in [-0.05, 0) is 30.0 Å². The molecule has 0 atom stereocenters. The van der Waals surface area contributed by atoms with Crippen LogP contribution in [0, 0.1) is 0 Å². The predicted octanol–water partition coefficient (Wildman–Crippen LogP) is 3.17. The van der Waals surface area contributed by atoms with Crippen molar-refractivity contribution >= 4 is 11.6 Å². The number of aromatic nitrogens is 1. The largest absolute Gasteiger partial charge is 0.324 e. The van der Waals surface area contributed by atoms with E-state index in [-0.39, 0.29) is 11.5 Å². The van der Waals surface area contributed by atoms with Crippen LogP contribution < -0.4 is 10.9 Å². The third-order valence-electron chi connectivity index (χ3n) is 3.59. The molecule has 1 amide bonds. The number of nitrogens with zero attached hydrogens (tertiary/aromatic N) is 1. The zero-order valence-corrected chi connectivity index (χ0v) is 13.3. The first-order valence-electron chi connectivity index (χ1n) is 7.58. The number of pyridine rings is 1. The number of aryl methyl sites for hydroxylation is 1. The molecule has 0 saturated heterocycles. The summed E-state index contributed by atoms with van der Waals surface area (Å²) in [5.74, 6) is 0.360. The Labute approximate surface area is 130 Å². The van der Waals surface area contributed by atoms with E-state index in [9.17, 15) is 9.59 Å². The quantitative estimate of drug-likeness (QED) is 0.921. The first-order chi connectivity index (χ1) is 10.5. The third-order valence-corrected chi connectivity index (χ3v) is 3.59. The van der Waals surface area contributed by atoms with Crippen molar-refractivity contribution in [3.8, 4) is 0 Å². The molecule has 0 fully saturated rings. The van der Waals surface area contributed by atoms with Crippen molar-refractivity contribution in [3.63, 3.8) is 0 Å². The van der Waals surface area contributed by atoms with Gasteiger partial charge in [-0.3, -0.25) is 9.59 Å². The standard InChI is InChI=1S/C18H22N2O2/c1-4-20-12-16(8-9-18(20)22)19-17(21)11-14-6-5-7-15(10-14)13(2)3/h5-10,12-13H,4,11H2,1-3H3,(H,19,21). The first-order valence-corrected chi connectivity index (χ1v) is 7.58. The summed E-state index contributed by atoms with van der Waals surface area (Å²) in [5, 5.41) is 2.84. The van der Waals surface area contributed by atoms with Gasteiger partial charge in [0.1, 0.15) is 0 Å². The average molecular weight is 298 g/mol. The lowest BCUT2D eigenvalue weighted by molar-refractivity contribution is -0.115. The van der Waals surface area contributed by atoms with Gasteiger partial charge in [0.15, 0.2) is 0 Å². The Balaban J connectivity index is 2.07. The second-order valence-corrected chi connectivity index (χ2v) is 5.67. The molecule has 0 aliphatic rings. The van der Waals surface area contributed by atoms with Gasteiger partial charge in [-0.2, -0.15) is 0 Å². The molecule has 1 N–H and O–H groups in total. The van der Waals surface area contributed by atoms with Crippen molar-refractivity contribution in [2.24, 2.45) is 0 Å². The minimum absolute atomic E-state index is 0.0647. The zero-order valence-electron chi connectivity index (χ0n) is 13.3. The van der Waals surface area contributed by atoms with Gasteiger partial charge in [0.2, 0.25) is 5.91 Å². The minimum atomic E-state index is -0.0813. The lowest BCUT2D eigenvalue weighted by atomic mass is 9.99. The fourth-order valence-electron chi connectivity index (χ4n) is 2.31. The van der Waals surface area contributed by atoms with Crippen LogP contribution in [0.3, 0.4) is 0 Å². The molecule has 2 aromatic rings. The number of amides is 1. The van der Waals surface area contributed by atoms with E-state index in [4.69, 9.17) is 0 Å². The van der Waals surface area contributed by atoms with E-state index in [0.29, 0.717) is 24.6 Å². The number of nitrogens with one attached hydrogen (secondary N) is 1. The molecule has 1 heterocycles. The normalized spacial score (nSPS) is 10.7. The monoisotopic (exact) mass is 298 g/mol. The van der Waals surface area contributed by atoms with Crippen LogP contribution in [0.15, 0.2) is 47.4 Å². The van der Waals surface area contributed by atoms with Gasteiger partial charge in [-0.15, -0.1) is 0 Å². The van der Waals surface area contributed by atoms with E-state index in [0.717, 1.165) is 5.56 Å². The van der Waals surface area contributed by atoms with Gasteiger partial charge in [-0.25, -0.2) is 0 Å². The molecule has 0 spiro atoms. The van der Waals surface area contributed by atoms with Gasteiger partial charge >= 0.3 is 0 Å². The van der Waals surface area contributed by atoms with Crippen LogP contribution in [0.4, 0.5) is 5.69 Å². The summed E-state index contributed by atoms with van der Waals surface area (Å²) in [6.07, 6.45) is 2.00. The van der Waals surface area contributed by atoms with Crippen LogP contribution >= 0.6 is 0 Å². The van der Waals surface area contributed by atoms with Gasteiger partial charge < -0.3 is 9.88 Å². The summed E-state index contributed by atoms with van der Waals surface area (Å²) in [6, 6.07) is 11.2. The van der Waals surface area contributed by atoms with E-state index < -0.39 is 0 Å². The summed E-state index contributed by atoms with van der Waals surface area (Å²) in [5.41, 5.74) is 2.80. The molecular formula is C18H22N2O2. The molecule has 0 saturated carbocycles. The highest BCUT2D eigenvalue weighted by atomic mass is 16.1. The molecule has 1 aromatic heterocycles. The second kappa shape index (κ2) is 7.07. The van der Waals surface area contributed by atoms with Crippen molar-refractivity contribution in [1.29, 1.82) is 0 Å². The summed E-state index contributed by atoms with van der Waals surface area (Å²) in [7, 11) is 0. The molecule has 4 heteroatoms. The van der Waals surface area contributed by atoms with Crippen molar-refractivity contribution in [2.45, 2.75) is 39.7 Å². The number of carbonyl (C=O) groups excluding carboxylic acids is 1. The predicted molar refractivity (Wildman–Crippen MR) is 89.2 cm³/mol. The van der Waals surface area contributed by atoms with Crippen molar-refractivity contribution in [3.05, 3.63) is 64.1 Å². The number of rotatable bonds is 5. The van der Waals surface area contributed by atoms with Crippen LogP contribution in [0.5, 0.6) is 0 Å². The molecule has 2 rings (SSSR count). The molecule has 0 bridgehead atoms. The maximum absolute atomic E-state index is 12.1. The average Bonchev–Trinajstić information content (AvgIpc) is 2.49. The van der Waals surface area contributed by atoms with Crippen molar-refractivity contribution in [2.75, 3.05) is 5.32 Å². The van der Waals surface area contributed by atoms with E-state index in [1.807, 2.05) is 19.1 Å². The fourth-order valence-corrected chi connectivity index (χ4v) is 2.31. The lowest BCUT2D eigenvalue weighted by Gasteiger charge is -2.10. The highest BCUT2D eigenvalue weighted by Gasteiger charge is 2.07. The maximum Gasteiger partial charge on any atom is 0.250 e. The Kier molecular flexibility index (Phi) is 5.15. The number of anilines is 1. The molecule has 0 unspecified atom stereocenters. The van der Waals surface area contributed by atoms with E-state index in [2.05, 4.69) is 31.3 Å². The van der Waals surface area contributed by atoms with Crippen molar-refractivity contribution < 1.29 is 4.79 Å². The molecule has 1 aromatic carbocycles. The summed E-state index contributed by atoms with van der Waals surface area (Å²) < 4.78 is 1.56. The van der Waals surface area contributed by atoms with Gasteiger partial charge in [-0.1, -0.05) is 38.1 Å². The lowest BCUT2D eigenvalue weighted by Crippen LogP contribution is -2.20. The Morgan fingerprint density at radius 2 is 2.00 bits per heavy atom.